The zero-order valence-corrected chi connectivity index (χ0v) is 20.8. The van der Waals surface area contributed by atoms with Gasteiger partial charge in [0.2, 0.25) is 0 Å². The normalized spacial score (nSPS) is 18.8. The Morgan fingerprint density at radius 1 is 0.941 bits per heavy atom. The number of benzene rings is 1. The fourth-order valence-electron chi connectivity index (χ4n) is 4.96. The van der Waals surface area contributed by atoms with Gasteiger partial charge in [0, 0.05) is 6.42 Å². The van der Waals surface area contributed by atoms with Crippen LogP contribution in [0.3, 0.4) is 0 Å². The second-order valence-corrected chi connectivity index (χ2v) is 10.5. The van der Waals surface area contributed by atoms with Gasteiger partial charge in [-0.15, -0.1) is 0 Å². The van der Waals surface area contributed by atoms with Gasteiger partial charge in [0.05, 0.1) is 0 Å². The molecule has 188 valence electrons. The summed E-state index contributed by atoms with van der Waals surface area (Å²) in [7, 11) is 0. The molecule has 3 rings (SSSR count). The molecule has 1 N–H and O–H groups in total. The molecule has 0 aliphatic heterocycles. The van der Waals surface area contributed by atoms with Crippen LogP contribution < -0.4 is 5.32 Å². The van der Waals surface area contributed by atoms with Crippen molar-refractivity contribution in [2.45, 2.75) is 109 Å². The lowest BCUT2D eigenvalue weighted by molar-refractivity contribution is -0.161. The van der Waals surface area contributed by atoms with Crippen molar-refractivity contribution in [3.05, 3.63) is 35.9 Å². The lowest BCUT2D eigenvalue weighted by Crippen LogP contribution is -2.61. The summed E-state index contributed by atoms with van der Waals surface area (Å²) in [5.74, 6) is -0.977. The molecule has 0 saturated heterocycles. The molecule has 0 heterocycles. The maximum absolute atomic E-state index is 13.7. The van der Waals surface area contributed by atoms with Crippen LogP contribution in [-0.2, 0) is 30.4 Å². The van der Waals surface area contributed by atoms with E-state index in [1.165, 1.54) is 0 Å². The minimum atomic E-state index is -1.31. The SMILES string of the molecule is CC(C)(C)OC(=O)N[C@](CCC(=O)OCc1ccccc1)(C(=O)OC1CCCC1)C1CCCC1. The summed E-state index contributed by atoms with van der Waals surface area (Å²) in [6.07, 6.45) is 6.54. The fraction of sp³-hybridized carbons (Fsp3) is 0.667. The first-order valence-corrected chi connectivity index (χ1v) is 12.6. The summed E-state index contributed by atoms with van der Waals surface area (Å²) in [4.78, 5) is 39.2. The molecular weight excluding hydrogens is 434 g/mol. The van der Waals surface area contributed by atoms with E-state index in [0.717, 1.165) is 56.9 Å². The van der Waals surface area contributed by atoms with Crippen molar-refractivity contribution in [2.24, 2.45) is 5.92 Å². The minimum absolute atomic E-state index is 0.00109. The number of amides is 1. The highest BCUT2D eigenvalue weighted by Gasteiger charge is 2.50. The Kier molecular flexibility index (Phi) is 8.97. The van der Waals surface area contributed by atoms with Crippen LogP contribution in [0.15, 0.2) is 30.3 Å². The summed E-state index contributed by atoms with van der Waals surface area (Å²) in [6.45, 7) is 5.51. The number of carbonyl (C=O) groups is 3. The topological polar surface area (TPSA) is 90.9 Å². The molecule has 2 aliphatic rings. The Morgan fingerprint density at radius 2 is 1.56 bits per heavy atom. The quantitative estimate of drug-likeness (QED) is 0.379. The fourth-order valence-corrected chi connectivity index (χ4v) is 4.96. The predicted molar refractivity (Wildman–Crippen MR) is 128 cm³/mol. The summed E-state index contributed by atoms with van der Waals surface area (Å²) in [5.41, 5.74) is -1.13. The van der Waals surface area contributed by atoms with Crippen molar-refractivity contribution >= 4 is 18.0 Å². The Morgan fingerprint density at radius 3 is 2.18 bits per heavy atom. The second kappa shape index (κ2) is 11.7. The lowest BCUT2D eigenvalue weighted by atomic mass is 9.78. The van der Waals surface area contributed by atoms with Crippen LogP contribution in [0.2, 0.25) is 0 Å². The van der Waals surface area contributed by atoms with Gasteiger partial charge < -0.3 is 19.5 Å². The molecule has 0 radical (unpaired) electrons. The second-order valence-electron chi connectivity index (χ2n) is 10.5. The molecule has 0 unspecified atom stereocenters. The van der Waals surface area contributed by atoms with Crippen LogP contribution in [0.25, 0.3) is 0 Å². The Bertz CT molecular complexity index is 821. The largest absolute Gasteiger partial charge is 0.461 e. The Labute approximate surface area is 202 Å². The molecule has 7 heteroatoms. The summed E-state index contributed by atoms with van der Waals surface area (Å²) in [6, 6.07) is 9.45. The van der Waals surface area contributed by atoms with Gasteiger partial charge in [-0.2, -0.15) is 0 Å². The molecule has 1 amide bonds. The van der Waals surface area contributed by atoms with Gasteiger partial charge in [-0.25, -0.2) is 9.59 Å². The van der Waals surface area contributed by atoms with Gasteiger partial charge in [0.1, 0.15) is 23.9 Å². The van der Waals surface area contributed by atoms with E-state index in [-0.39, 0.29) is 31.5 Å². The van der Waals surface area contributed by atoms with Crippen molar-refractivity contribution in [3.63, 3.8) is 0 Å². The Hall–Kier alpha value is -2.57. The molecule has 7 nitrogen and oxygen atoms in total. The summed E-state index contributed by atoms with van der Waals surface area (Å²) >= 11 is 0. The zero-order chi connectivity index (χ0) is 24.6. The van der Waals surface area contributed by atoms with Crippen molar-refractivity contribution in [2.75, 3.05) is 0 Å². The molecular formula is C27H39NO6. The van der Waals surface area contributed by atoms with Gasteiger partial charge in [-0.05, 0) is 77.2 Å². The third kappa shape index (κ3) is 7.47. The van der Waals surface area contributed by atoms with E-state index in [4.69, 9.17) is 14.2 Å². The molecule has 1 atom stereocenters. The molecule has 2 aliphatic carbocycles. The Balaban J connectivity index is 1.76. The number of alkyl carbamates (subject to hydrolysis) is 1. The third-order valence-corrected chi connectivity index (χ3v) is 6.68. The van der Waals surface area contributed by atoms with Crippen LogP contribution in [0.5, 0.6) is 0 Å². The van der Waals surface area contributed by atoms with Crippen LogP contribution in [0.4, 0.5) is 4.79 Å². The van der Waals surface area contributed by atoms with Gasteiger partial charge in [-0.3, -0.25) is 4.79 Å². The molecule has 34 heavy (non-hydrogen) atoms. The maximum atomic E-state index is 13.7. The van der Waals surface area contributed by atoms with Gasteiger partial charge >= 0.3 is 18.0 Å². The van der Waals surface area contributed by atoms with Crippen molar-refractivity contribution in [1.29, 1.82) is 0 Å². The van der Waals surface area contributed by atoms with E-state index in [1.54, 1.807) is 20.8 Å². The molecule has 0 bridgehead atoms. The number of nitrogens with one attached hydrogen (secondary N) is 1. The third-order valence-electron chi connectivity index (χ3n) is 6.68. The average Bonchev–Trinajstić information content (AvgIpc) is 3.49. The summed E-state index contributed by atoms with van der Waals surface area (Å²) in [5, 5.41) is 2.89. The van der Waals surface area contributed by atoms with Gasteiger partial charge in [0.25, 0.3) is 0 Å². The zero-order valence-electron chi connectivity index (χ0n) is 20.8. The number of hydrogen-bond donors (Lipinski definition) is 1. The van der Waals surface area contributed by atoms with Crippen LogP contribution >= 0.6 is 0 Å². The van der Waals surface area contributed by atoms with E-state index < -0.39 is 29.2 Å². The molecule has 0 spiro atoms. The standard InChI is InChI=1S/C27H39NO6/c1-26(2,3)34-25(31)28-27(21-13-7-8-14-21,24(30)33-22-15-9-10-16-22)18-17-23(29)32-19-20-11-5-4-6-12-20/h4-6,11-12,21-22H,7-10,13-19H2,1-3H3,(H,28,31)/t27-/m0/s1. The number of rotatable bonds is 9. The maximum Gasteiger partial charge on any atom is 0.408 e. The van der Waals surface area contributed by atoms with E-state index >= 15 is 0 Å². The number of esters is 2. The number of carbonyl (C=O) groups excluding carboxylic acids is 3. The van der Waals surface area contributed by atoms with Gasteiger partial charge in [0.15, 0.2) is 0 Å². The van der Waals surface area contributed by atoms with E-state index in [0.29, 0.717) is 0 Å². The van der Waals surface area contributed by atoms with Crippen LogP contribution in [0.1, 0.15) is 90.5 Å². The average molecular weight is 474 g/mol. The van der Waals surface area contributed by atoms with Crippen LogP contribution in [0, 0.1) is 5.92 Å². The molecule has 1 aromatic rings. The van der Waals surface area contributed by atoms with E-state index in [1.807, 2.05) is 30.3 Å². The molecule has 2 fully saturated rings. The minimum Gasteiger partial charge on any atom is -0.461 e. The first kappa shape index (κ1) is 26.0. The first-order chi connectivity index (χ1) is 16.2. The summed E-state index contributed by atoms with van der Waals surface area (Å²) < 4.78 is 16.9. The first-order valence-electron chi connectivity index (χ1n) is 12.6. The molecule has 2 saturated carbocycles. The van der Waals surface area contributed by atoms with Crippen molar-refractivity contribution in [3.8, 4) is 0 Å². The van der Waals surface area contributed by atoms with E-state index in [9.17, 15) is 14.4 Å². The highest BCUT2D eigenvalue weighted by Crippen LogP contribution is 2.39. The monoisotopic (exact) mass is 473 g/mol. The van der Waals surface area contributed by atoms with E-state index in [2.05, 4.69) is 5.32 Å². The van der Waals surface area contributed by atoms with Crippen molar-refractivity contribution in [1.82, 2.24) is 5.32 Å². The van der Waals surface area contributed by atoms with Gasteiger partial charge in [-0.1, -0.05) is 43.2 Å². The van der Waals surface area contributed by atoms with Crippen molar-refractivity contribution < 1.29 is 28.6 Å². The predicted octanol–water partition coefficient (Wildman–Crippen LogP) is 5.45. The van der Waals surface area contributed by atoms with Crippen LogP contribution in [-0.4, -0.2) is 35.3 Å². The lowest BCUT2D eigenvalue weighted by Gasteiger charge is -2.38. The molecule has 0 aromatic heterocycles. The smallest absolute Gasteiger partial charge is 0.408 e. The highest BCUT2D eigenvalue weighted by atomic mass is 16.6. The molecule has 1 aromatic carbocycles. The number of ether oxygens (including phenoxy) is 3. The highest BCUT2D eigenvalue weighted by molar-refractivity contribution is 5.87. The number of hydrogen-bond acceptors (Lipinski definition) is 6.